The van der Waals surface area contributed by atoms with E-state index in [1.165, 1.54) is 12.1 Å². The van der Waals surface area contributed by atoms with Crippen LogP contribution in [0.3, 0.4) is 0 Å². The van der Waals surface area contributed by atoms with Crippen LogP contribution in [0.1, 0.15) is 5.56 Å². The molecule has 3 aromatic carbocycles. The molecule has 26 heavy (non-hydrogen) atoms. The summed E-state index contributed by atoms with van der Waals surface area (Å²) in [7, 11) is 0. The quantitative estimate of drug-likeness (QED) is 0.487. The van der Waals surface area contributed by atoms with Crippen molar-refractivity contribution in [3.8, 4) is 11.3 Å². The SMILES string of the molecule is Cc1ccc2c(c1)cc(-c1ccccc1)n2C(=O)Nc1ccc(F)cc1. The second-order valence-corrected chi connectivity index (χ2v) is 6.23. The van der Waals surface area contributed by atoms with E-state index in [4.69, 9.17) is 0 Å². The number of carbonyl (C=O) groups is 1. The summed E-state index contributed by atoms with van der Waals surface area (Å²) in [6.07, 6.45) is 0. The van der Waals surface area contributed by atoms with Gasteiger partial charge in [0.05, 0.1) is 11.2 Å². The lowest BCUT2D eigenvalue weighted by Crippen LogP contribution is -2.20. The van der Waals surface area contributed by atoms with Crippen molar-refractivity contribution < 1.29 is 9.18 Å². The Kier molecular flexibility index (Phi) is 4.01. The molecule has 0 unspecified atom stereocenters. The van der Waals surface area contributed by atoms with Gasteiger partial charge in [0, 0.05) is 11.1 Å². The number of hydrogen-bond acceptors (Lipinski definition) is 1. The second kappa shape index (κ2) is 6.48. The zero-order chi connectivity index (χ0) is 18.1. The molecule has 0 bridgehead atoms. The highest BCUT2D eigenvalue weighted by atomic mass is 19.1. The van der Waals surface area contributed by atoms with E-state index in [0.29, 0.717) is 5.69 Å². The molecule has 4 heteroatoms. The Morgan fingerprint density at radius 1 is 0.923 bits per heavy atom. The van der Waals surface area contributed by atoms with Crippen molar-refractivity contribution in [2.24, 2.45) is 0 Å². The monoisotopic (exact) mass is 344 g/mol. The minimum absolute atomic E-state index is 0.283. The van der Waals surface area contributed by atoms with Gasteiger partial charge in [-0.25, -0.2) is 9.18 Å². The molecule has 0 aliphatic heterocycles. The smallest absolute Gasteiger partial charge is 0.307 e. The summed E-state index contributed by atoms with van der Waals surface area (Å²) in [5.74, 6) is -0.338. The summed E-state index contributed by atoms with van der Waals surface area (Å²) >= 11 is 0. The van der Waals surface area contributed by atoms with Crippen LogP contribution in [0.15, 0.2) is 78.9 Å². The molecule has 0 aliphatic rings. The van der Waals surface area contributed by atoms with E-state index in [9.17, 15) is 9.18 Å². The fourth-order valence-electron chi connectivity index (χ4n) is 3.09. The Morgan fingerprint density at radius 3 is 2.38 bits per heavy atom. The number of fused-ring (bicyclic) bond motifs is 1. The molecule has 0 fully saturated rings. The molecular weight excluding hydrogens is 327 g/mol. The van der Waals surface area contributed by atoms with Crippen LogP contribution < -0.4 is 5.32 Å². The van der Waals surface area contributed by atoms with E-state index in [0.717, 1.165) is 27.7 Å². The van der Waals surface area contributed by atoms with E-state index < -0.39 is 0 Å². The van der Waals surface area contributed by atoms with E-state index in [1.54, 1.807) is 16.7 Å². The van der Waals surface area contributed by atoms with E-state index in [-0.39, 0.29) is 11.8 Å². The lowest BCUT2D eigenvalue weighted by molar-refractivity contribution is 0.254. The Bertz CT molecular complexity index is 1080. The summed E-state index contributed by atoms with van der Waals surface area (Å²) in [6, 6.07) is 23.2. The van der Waals surface area contributed by atoms with Gasteiger partial charge in [-0.15, -0.1) is 0 Å². The van der Waals surface area contributed by atoms with Crippen LogP contribution in [0.5, 0.6) is 0 Å². The highest BCUT2D eigenvalue weighted by Gasteiger charge is 2.16. The van der Waals surface area contributed by atoms with E-state index in [2.05, 4.69) is 11.4 Å². The normalized spacial score (nSPS) is 10.8. The highest BCUT2D eigenvalue weighted by molar-refractivity contribution is 6.03. The predicted molar refractivity (Wildman–Crippen MR) is 103 cm³/mol. The minimum atomic E-state index is -0.338. The van der Waals surface area contributed by atoms with Gasteiger partial charge in [0.1, 0.15) is 5.82 Å². The van der Waals surface area contributed by atoms with Gasteiger partial charge in [0.2, 0.25) is 0 Å². The molecule has 4 aromatic rings. The van der Waals surface area contributed by atoms with Crippen molar-refractivity contribution in [3.05, 3.63) is 90.2 Å². The number of halogens is 1. The third kappa shape index (κ3) is 2.97. The molecule has 4 rings (SSSR count). The van der Waals surface area contributed by atoms with Gasteiger partial charge < -0.3 is 5.32 Å². The summed E-state index contributed by atoms with van der Waals surface area (Å²) in [5.41, 5.74) is 4.27. The molecule has 0 atom stereocenters. The number of carbonyl (C=O) groups excluding carboxylic acids is 1. The van der Waals surface area contributed by atoms with Crippen LogP contribution in [-0.2, 0) is 0 Å². The first kappa shape index (κ1) is 16.1. The third-order valence-electron chi connectivity index (χ3n) is 4.33. The fraction of sp³-hybridized carbons (Fsp3) is 0.0455. The van der Waals surface area contributed by atoms with Crippen molar-refractivity contribution >= 4 is 22.6 Å². The Morgan fingerprint density at radius 2 is 1.65 bits per heavy atom. The van der Waals surface area contributed by atoms with Crippen LogP contribution in [0.2, 0.25) is 0 Å². The molecule has 1 N–H and O–H groups in total. The van der Waals surface area contributed by atoms with Gasteiger partial charge >= 0.3 is 6.03 Å². The molecule has 0 aliphatic carbocycles. The van der Waals surface area contributed by atoms with Gasteiger partial charge in [0.25, 0.3) is 0 Å². The number of nitrogens with zero attached hydrogens (tertiary/aromatic N) is 1. The van der Waals surface area contributed by atoms with E-state index in [1.807, 2.05) is 55.5 Å². The van der Waals surface area contributed by atoms with Crippen molar-refractivity contribution in [2.45, 2.75) is 6.92 Å². The lowest BCUT2D eigenvalue weighted by Gasteiger charge is -2.11. The summed E-state index contributed by atoms with van der Waals surface area (Å²) < 4.78 is 14.8. The Labute approximate surface area is 150 Å². The molecule has 0 radical (unpaired) electrons. The van der Waals surface area contributed by atoms with Crippen LogP contribution in [0.4, 0.5) is 14.9 Å². The first-order chi connectivity index (χ1) is 12.6. The molecule has 0 spiro atoms. The number of rotatable bonds is 2. The molecule has 1 amide bonds. The average Bonchev–Trinajstić information content (AvgIpc) is 3.03. The average molecular weight is 344 g/mol. The maximum absolute atomic E-state index is 13.1. The topological polar surface area (TPSA) is 34.0 Å². The number of benzene rings is 3. The maximum Gasteiger partial charge on any atom is 0.330 e. The molecule has 128 valence electrons. The predicted octanol–water partition coefficient (Wildman–Crippen LogP) is 5.84. The van der Waals surface area contributed by atoms with E-state index >= 15 is 0 Å². The van der Waals surface area contributed by atoms with Crippen LogP contribution in [0.25, 0.3) is 22.2 Å². The zero-order valence-corrected chi connectivity index (χ0v) is 14.2. The first-order valence-electron chi connectivity index (χ1n) is 8.36. The highest BCUT2D eigenvalue weighted by Crippen LogP contribution is 2.29. The van der Waals surface area contributed by atoms with Gasteiger partial charge in [-0.05, 0) is 55.0 Å². The third-order valence-corrected chi connectivity index (χ3v) is 4.33. The van der Waals surface area contributed by atoms with Crippen LogP contribution in [0, 0.1) is 12.7 Å². The summed E-state index contributed by atoms with van der Waals surface area (Å²) in [5, 5.41) is 3.84. The van der Waals surface area contributed by atoms with Gasteiger partial charge in [-0.1, -0.05) is 42.0 Å². The van der Waals surface area contributed by atoms with Gasteiger partial charge in [-0.3, -0.25) is 4.57 Å². The lowest BCUT2D eigenvalue weighted by atomic mass is 10.1. The van der Waals surface area contributed by atoms with Crippen LogP contribution >= 0.6 is 0 Å². The van der Waals surface area contributed by atoms with Crippen LogP contribution in [-0.4, -0.2) is 10.6 Å². The number of nitrogens with one attached hydrogen (secondary N) is 1. The molecular formula is C22H17FN2O. The summed E-state index contributed by atoms with van der Waals surface area (Å²) in [6.45, 7) is 2.03. The fourth-order valence-corrected chi connectivity index (χ4v) is 3.09. The van der Waals surface area contributed by atoms with Crippen molar-refractivity contribution in [3.63, 3.8) is 0 Å². The standard InChI is InChI=1S/C22H17FN2O/c1-15-7-12-20-17(13-15)14-21(16-5-3-2-4-6-16)25(20)22(26)24-19-10-8-18(23)9-11-19/h2-14H,1H3,(H,24,26). The second-order valence-electron chi connectivity index (χ2n) is 6.23. The number of anilines is 1. The number of amides is 1. The molecule has 0 saturated heterocycles. The van der Waals surface area contributed by atoms with Gasteiger partial charge in [-0.2, -0.15) is 0 Å². The Hall–Kier alpha value is -3.40. The zero-order valence-electron chi connectivity index (χ0n) is 14.2. The summed E-state index contributed by atoms with van der Waals surface area (Å²) in [4.78, 5) is 13.0. The van der Waals surface area contributed by atoms with Crippen molar-refractivity contribution in [2.75, 3.05) is 5.32 Å². The molecule has 3 nitrogen and oxygen atoms in total. The number of hydrogen-bond donors (Lipinski definition) is 1. The maximum atomic E-state index is 13.1. The van der Waals surface area contributed by atoms with Crippen molar-refractivity contribution in [1.82, 2.24) is 4.57 Å². The number of aromatic nitrogens is 1. The first-order valence-corrected chi connectivity index (χ1v) is 8.36. The molecule has 0 saturated carbocycles. The van der Waals surface area contributed by atoms with Crippen molar-refractivity contribution in [1.29, 1.82) is 0 Å². The Balaban J connectivity index is 1.84. The molecule has 1 heterocycles. The molecule has 1 aromatic heterocycles. The largest absolute Gasteiger partial charge is 0.330 e. The minimum Gasteiger partial charge on any atom is -0.307 e. The van der Waals surface area contributed by atoms with Gasteiger partial charge in [0.15, 0.2) is 0 Å². The number of aryl methyl sites for hydroxylation is 1.